The number of aliphatic hydroxyl groups excluding tert-OH is 1. The lowest BCUT2D eigenvalue weighted by Gasteiger charge is -2.26. The summed E-state index contributed by atoms with van der Waals surface area (Å²) < 4.78 is 32.6. The molecule has 0 saturated heterocycles. The highest BCUT2D eigenvalue weighted by molar-refractivity contribution is 7.92. The Morgan fingerprint density at radius 2 is 1.33 bits per heavy atom. The SMILES string of the molecule is CCS(=O)(=O)Nc1cc(C(=O)N[C@@H](Cc2ccccc2)[C@H](O)CN[C@@H](C)c2ccccc2)cc(C(=O)N[C@H](C)c2ccc(OC)cc2)c1. The molecule has 254 valence electrons. The van der Waals surface area contributed by atoms with E-state index >= 15 is 0 Å². The Morgan fingerprint density at radius 3 is 1.92 bits per heavy atom. The van der Waals surface area contributed by atoms with Crippen LogP contribution in [0.3, 0.4) is 0 Å². The summed E-state index contributed by atoms with van der Waals surface area (Å²) in [6.45, 7) is 5.50. The van der Waals surface area contributed by atoms with Crippen LogP contribution >= 0.6 is 0 Å². The molecule has 10 nitrogen and oxygen atoms in total. The van der Waals surface area contributed by atoms with Crippen molar-refractivity contribution >= 4 is 27.5 Å². The van der Waals surface area contributed by atoms with Crippen molar-refractivity contribution in [1.82, 2.24) is 16.0 Å². The van der Waals surface area contributed by atoms with Crippen molar-refractivity contribution in [2.24, 2.45) is 0 Å². The summed E-state index contributed by atoms with van der Waals surface area (Å²) in [5.41, 5.74) is 3.03. The zero-order chi connectivity index (χ0) is 34.7. The van der Waals surface area contributed by atoms with Gasteiger partial charge in [0.25, 0.3) is 11.8 Å². The van der Waals surface area contributed by atoms with E-state index in [1.54, 1.807) is 19.2 Å². The fourth-order valence-electron chi connectivity index (χ4n) is 5.16. The number of anilines is 1. The molecule has 0 heterocycles. The predicted molar refractivity (Wildman–Crippen MR) is 189 cm³/mol. The maximum Gasteiger partial charge on any atom is 0.251 e. The van der Waals surface area contributed by atoms with Crippen LogP contribution in [0.4, 0.5) is 5.69 Å². The van der Waals surface area contributed by atoms with Gasteiger partial charge in [-0.3, -0.25) is 14.3 Å². The molecule has 0 bridgehead atoms. The molecule has 4 rings (SSSR count). The number of rotatable bonds is 16. The Hall–Kier alpha value is -4.71. The Bertz CT molecular complexity index is 1750. The highest BCUT2D eigenvalue weighted by atomic mass is 32.2. The number of methoxy groups -OCH3 is 1. The monoisotopic (exact) mass is 672 g/mol. The smallest absolute Gasteiger partial charge is 0.251 e. The number of nitrogens with one attached hydrogen (secondary N) is 4. The van der Waals surface area contributed by atoms with Gasteiger partial charge in [-0.2, -0.15) is 0 Å². The number of hydrogen-bond donors (Lipinski definition) is 5. The lowest BCUT2D eigenvalue weighted by Crippen LogP contribution is -2.49. The van der Waals surface area contributed by atoms with E-state index in [0.29, 0.717) is 12.2 Å². The number of carbonyl (C=O) groups excluding carboxylic acids is 2. The van der Waals surface area contributed by atoms with E-state index in [9.17, 15) is 23.1 Å². The van der Waals surface area contributed by atoms with Gasteiger partial charge >= 0.3 is 0 Å². The summed E-state index contributed by atoms with van der Waals surface area (Å²) in [5, 5.41) is 20.5. The van der Waals surface area contributed by atoms with Crippen molar-refractivity contribution in [3.63, 3.8) is 0 Å². The van der Waals surface area contributed by atoms with E-state index in [-0.39, 0.29) is 35.2 Å². The molecule has 0 aliphatic rings. The molecule has 0 aliphatic heterocycles. The van der Waals surface area contributed by atoms with Crippen molar-refractivity contribution in [2.75, 3.05) is 24.1 Å². The van der Waals surface area contributed by atoms with E-state index in [0.717, 1.165) is 16.7 Å². The van der Waals surface area contributed by atoms with Gasteiger partial charge in [-0.1, -0.05) is 72.8 Å². The van der Waals surface area contributed by atoms with Crippen LogP contribution in [-0.4, -0.2) is 56.9 Å². The average Bonchev–Trinajstić information content (AvgIpc) is 3.10. The van der Waals surface area contributed by atoms with Crippen LogP contribution in [0.15, 0.2) is 103 Å². The second-order valence-electron chi connectivity index (χ2n) is 11.7. The first-order valence-electron chi connectivity index (χ1n) is 15.9. The van der Waals surface area contributed by atoms with Crippen molar-refractivity contribution in [1.29, 1.82) is 0 Å². The summed E-state index contributed by atoms with van der Waals surface area (Å²) in [5.74, 6) is -0.578. The topological polar surface area (TPSA) is 146 Å². The largest absolute Gasteiger partial charge is 0.497 e. The van der Waals surface area contributed by atoms with Gasteiger partial charge in [0.15, 0.2) is 0 Å². The molecule has 48 heavy (non-hydrogen) atoms. The maximum absolute atomic E-state index is 13.8. The summed E-state index contributed by atoms with van der Waals surface area (Å²) in [6.07, 6.45) is -0.639. The molecule has 0 fully saturated rings. The number of sulfonamides is 1. The van der Waals surface area contributed by atoms with Crippen LogP contribution in [0.1, 0.15) is 70.3 Å². The third-order valence-corrected chi connectivity index (χ3v) is 9.39. The maximum atomic E-state index is 13.8. The lowest BCUT2D eigenvalue weighted by atomic mass is 9.99. The van der Waals surface area contributed by atoms with Gasteiger partial charge < -0.3 is 25.8 Å². The first-order chi connectivity index (χ1) is 23.0. The third kappa shape index (κ3) is 10.4. The summed E-state index contributed by atoms with van der Waals surface area (Å²) in [4.78, 5) is 27.3. The Kier molecular flexibility index (Phi) is 12.7. The van der Waals surface area contributed by atoms with E-state index in [2.05, 4.69) is 20.7 Å². The summed E-state index contributed by atoms with van der Waals surface area (Å²) in [7, 11) is -2.15. The Morgan fingerprint density at radius 1 is 0.771 bits per heavy atom. The van der Waals surface area contributed by atoms with E-state index in [1.807, 2.05) is 86.6 Å². The fourth-order valence-corrected chi connectivity index (χ4v) is 5.78. The zero-order valence-corrected chi connectivity index (χ0v) is 28.5. The van der Waals surface area contributed by atoms with Gasteiger partial charge in [0.2, 0.25) is 10.0 Å². The van der Waals surface area contributed by atoms with Crippen LogP contribution in [0, 0.1) is 0 Å². The molecular formula is C37H44N4O6S. The molecule has 0 aliphatic carbocycles. The van der Waals surface area contributed by atoms with Crippen LogP contribution in [0.25, 0.3) is 0 Å². The van der Waals surface area contributed by atoms with Crippen molar-refractivity contribution in [2.45, 2.75) is 51.4 Å². The minimum absolute atomic E-state index is 0.0430. The van der Waals surface area contributed by atoms with Crippen LogP contribution in [0.5, 0.6) is 5.75 Å². The standard InChI is InChI=1S/C37H44N4O6S/c1-5-48(45,46)41-32-22-30(36(43)39-26(3)29-16-18-33(47-4)19-17-29)21-31(23-32)37(44)40-34(20-27-12-8-6-9-13-27)35(42)24-38-25(2)28-14-10-7-11-15-28/h6-19,21-23,25-26,34-35,38,41-42H,5,20,24H2,1-4H3,(H,39,43)(H,40,44)/t25-,26+,34-,35+/m0/s1. The quantitative estimate of drug-likeness (QED) is 0.113. The van der Waals surface area contributed by atoms with Gasteiger partial charge in [-0.05, 0) is 74.2 Å². The number of aliphatic hydroxyl groups is 1. The molecule has 0 radical (unpaired) electrons. The van der Waals surface area contributed by atoms with Crippen molar-refractivity contribution in [3.8, 4) is 5.75 Å². The van der Waals surface area contributed by atoms with Crippen LogP contribution in [-0.2, 0) is 16.4 Å². The van der Waals surface area contributed by atoms with E-state index in [1.165, 1.54) is 25.1 Å². The minimum atomic E-state index is -3.72. The molecule has 5 N–H and O–H groups in total. The van der Waals surface area contributed by atoms with Gasteiger partial charge in [-0.25, -0.2) is 8.42 Å². The number of ether oxygens (including phenoxy) is 1. The van der Waals surface area contributed by atoms with Crippen molar-refractivity contribution < 1.29 is 27.9 Å². The molecule has 0 saturated carbocycles. The molecule has 4 aromatic carbocycles. The lowest BCUT2D eigenvalue weighted by molar-refractivity contribution is 0.0825. The average molecular weight is 673 g/mol. The molecule has 0 aromatic heterocycles. The third-order valence-electron chi connectivity index (χ3n) is 8.09. The normalized spacial score (nSPS) is 13.9. The fraction of sp³-hybridized carbons (Fsp3) is 0.297. The molecule has 0 unspecified atom stereocenters. The molecule has 4 aromatic rings. The van der Waals surface area contributed by atoms with E-state index < -0.39 is 40.0 Å². The van der Waals surface area contributed by atoms with Gasteiger partial charge in [0.1, 0.15) is 5.75 Å². The number of amides is 2. The van der Waals surface area contributed by atoms with Gasteiger partial charge in [-0.15, -0.1) is 0 Å². The number of benzene rings is 4. The number of carbonyl (C=O) groups is 2. The molecule has 4 atom stereocenters. The Balaban J connectivity index is 1.58. The summed E-state index contributed by atoms with van der Waals surface area (Å²) in [6, 6.07) is 29.6. The molecular weight excluding hydrogens is 628 g/mol. The van der Waals surface area contributed by atoms with Crippen molar-refractivity contribution in [3.05, 3.63) is 131 Å². The first-order valence-corrected chi connectivity index (χ1v) is 17.5. The highest BCUT2D eigenvalue weighted by Gasteiger charge is 2.25. The summed E-state index contributed by atoms with van der Waals surface area (Å²) >= 11 is 0. The van der Waals surface area contributed by atoms with Crippen LogP contribution in [0.2, 0.25) is 0 Å². The molecule has 0 spiro atoms. The minimum Gasteiger partial charge on any atom is -0.497 e. The second kappa shape index (κ2) is 16.9. The van der Waals surface area contributed by atoms with Crippen LogP contribution < -0.4 is 25.4 Å². The van der Waals surface area contributed by atoms with Gasteiger partial charge in [0.05, 0.1) is 36.7 Å². The highest BCUT2D eigenvalue weighted by Crippen LogP contribution is 2.21. The predicted octanol–water partition coefficient (Wildman–Crippen LogP) is 5.00. The first kappa shape index (κ1) is 36.1. The number of hydrogen-bond acceptors (Lipinski definition) is 7. The molecule has 11 heteroatoms. The zero-order valence-electron chi connectivity index (χ0n) is 27.6. The Labute approximate surface area is 283 Å². The van der Waals surface area contributed by atoms with E-state index in [4.69, 9.17) is 4.74 Å². The van der Waals surface area contributed by atoms with Gasteiger partial charge in [0, 0.05) is 23.7 Å². The second-order valence-corrected chi connectivity index (χ2v) is 13.7. The molecule has 2 amide bonds.